The number of benzene rings is 3. The molecule has 0 unspecified atom stereocenters. The Bertz CT molecular complexity index is 1220. The van der Waals surface area contributed by atoms with Crippen LogP contribution in [-0.2, 0) is 4.79 Å². The number of hydrogen-bond donors (Lipinski definition) is 1. The molecule has 4 aromatic rings. The van der Waals surface area contributed by atoms with Crippen LogP contribution in [0.5, 0.6) is 0 Å². The lowest BCUT2D eigenvalue weighted by Gasteiger charge is -2.39. The molecule has 0 spiro atoms. The first-order valence-corrected chi connectivity index (χ1v) is 10.5. The fraction of sp³-hybridized carbons (Fsp3) is 0.125. The summed E-state index contributed by atoms with van der Waals surface area (Å²) in [4.78, 5) is 32.8. The largest absolute Gasteiger partial charge is 0.334 e. The zero-order chi connectivity index (χ0) is 20.7. The third-order valence-electron chi connectivity index (χ3n) is 5.53. The van der Waals surface area contributed by atoms with Crippen molar-refractivity contribution in [2.75, 3.05) is 12.4 Å². The maximum absolute atomic E-state index is 13.6. The number of carbonyl (C=O) groups excluding carboxylic acids is 2. The molecule has 0 bridgehead atoms. The van der Waals surface area contributed by atoms with Gasteiger partial charge in [0, 0.05) is 12.6 Å². The van der Waals surface area contributed by atoms with Crippen molar-refractivity contribution in [3.05, 3.63) is 95.6 Å². The highest BCUT2D eigenvalue weighted by molar-refractivity contribution is 7.22. The summed E-state index contributed by atoms with van der Waals surface area (Å²) in [6, 6.07) is 24.5. The Kier molecular flexibility index (Phi) is 4.56. The Morgan fingerprint density at radius 3 is 2.47 bits per heavy atom. The molecule has 30 heavy (non-hydrogen) atoms. The predicted octanol–water partition coefficient (Wildman–Crippen LogP) is 4.85. The molecule has 5 nitrogen and oxygen atoms in total. The van der Waals surface area contributed by atoms with Crippen LogP contribution in [-0.4, -0.2) is 28.7 Å². The second-order valence-corrected chi connectivity index (χ2v) is 8.34. The monoisotopic (exact) mass is 413 g/mol. The zero-order valence-electron chi connectivity index (χ0n) is 16.3. The lowest BCUT2D eigenvalue weighted by molar-refractivity contribution is -0.119. The summed E-state index contributed by atoms with van der Waals surface area (Å²) in [7, 11) is 1.76. The molecule has 2 atom stereocenters. The van der Waals surface area contributed by atoms with Gasteiger partial charge in [-0.15, -0.1) is 0 Å². The van der Waals surface area contributed by atoms with E-state index in [-0.39, 0.29) is 11.8 Å². The van der Waals surface area contributed by atoms with Crippen molar-refractivity contribution in [1.29, 1.82) is 0 Å². The van der Waals surface area contributed by atoms with E-state index in [2.05, 4.69) is 10.3 Å². The molecule has 3 aromatic carbocycles. The van der Waals surface area contributed by atoms with Gasteiger partial charge in [0.15, 0.2) is 5.13 Å². The van der Waals surface area contributed by atoms with Gasteiger partial charge in [-0.2, -0.15) is 0 Å². The molecule has 0 saturated heterocycles. The molecular formula is C24H19N3O2S. The van der Waals surface area contributed by atoms with Gasteiger partial charge in [-0.05, 0) is 29.3 Å². The fourth-order valence-electron chi connectivity index (χ4n) is 4.13. The van der Waals surface area contributed by atoms with Crippen molar-refractivity contribution in [1.82, 2.24) is 9.88 Å². The number of anilines is 1. The van der Waals surface area contributed by atoms with E-state index in [9.17, 15) is 9.59 Å². The van der Waals surface area contributed by atoms with Gasteiger partial charge in [0.2, 0.25) is 5.91 Å². The van der Waals surface area contributed by atoms with E-state index in [0.29, 0.717) is 10.7 Å². The minimum absolute atomic E-state index is 0.0801. The van der Waals surface area contributed by atoms with Crippen molar-refractivity contribution in [3.8, 4) is 0 Å². The molecule has 1 N–H and O–H groups in total. The minimum atomic E-state index is -0.543. The Morgan fingerprint density at radius 1 is 0.967 bits per heavy atom. The first-order valence-electron chi connectivity index (χ1n) is 9.71. The van der Waals surface area contributed by atoms with Crippen LogP contribution in [0.15, 0.2) is 78.9 Å². The van der Waals surface area contributed by atoms with E-state index < -0.39 is 12.0 Å². The van der Waals surface area contributed by atoms with Crippen molar-refractivity contribution in [2.24, 2.45) is 0 Å². The highest BCUT2D eigenvalue weighted by Gasteiger charge is 2.42. The lowest BCUT2D eigenvalue weighted by atomic mass is 9.79. The van der Waals surface area contributed by atoms with Gasteiger partial charge < -0.3 is 10.2 Å². The third-order valence-corrected chi connectivity index (χ3v) is 6.48. The van der Waals surface area contributed by atoms with Crippen molar-refractivity contribution >= 4 is 38.5 Å². The topological polar surface area (TPSA) is 62.3 Å². The number of rotatable bonds is 3. The molecule has 0 fully saturated rings. The summed E-state index contributed by atoms with van der Waals surface area (Å²) < 4.78 is 1.02. The third kappa shape index (κ3) is 3.06. The van der Waals surface area contributed by atoms with Crippen LogP contribution in [0.2, 0.25) is 0 Å². The Balaban J connectivity index is 1.59. The molecule has 1 aromatic heterocycles. The molecule has 2 amide bonds. The van der Waals surface area contributed by atoms with Gasteiger partial charge in [-0.3, -0.25) is 9.59 Å². The van der Waals surface area contributed by atoms with Crippen molar-refractivity contribution in [2.45, 2.75) is 12.0 Å². The first-order chi connectivity index (χ1) is 14.6. The smallest absolute Gasteiger partial charge is 0.254 e. The number of fused-ring (bicyclic) bond motifs is 2. The van der Waals surface area contributed by atoms with Crippen LogP contribution in [0, 0.1) is 0 Å². The summed E-state index contributed by atoms with van der Waals surface area (Å²) in [5.41, 5.74) is 3.09. The summed E-state index contributed by atoms with van der Waals surface area (Å²) in [5, 5.41) is 3.57. The molecule has 0 saturated carbocycles. The average Bonchev–Trinajstić information content (AvgIpc) is 3.18. The van der Waals surface area contributed by atoms with Crippen LogP contribution >= 0.6 is 11.3 Å². The maximum atomic E-state index is 13.6. The second kappa shape index (κ2) is 7.39. The quantitative estimate of drug-likeness (QED) is 0.522. The summed E-state index contributed by atoms with van der Waals surface area (Å²) in [5.74, 6) is -0.795. The van der Waals surface area contributed by atoms with Gasteiger partial charge in [0.1, 0.15) is 0 Å². The lowest BCUT2D eigenvalue weighted by Crippen LogP contribution is -2.44. The van der Waals surface area contributed by atoms with Crippen LogP contribution in [0.1, 0.15) is 33.4 Å². The molecule has 5 rings (SSSR count). The molecule has 0 aliphatic carbocycles. The predicted molar refractivity (Wildman–Crippen MR) is 119 cm³/mol. The number of thiazole rings is 1. The number of aromatic nitrogens is 1. The standard InChI is InChI=1S/C24H19N3O2S/c1-27-21(15-9-3-2-4-10-15)20(16-11-5-6-12-17(16)23(27)29)22(28)26-24-25-18-13-7-8-14-19(18)30-24/h2-14,20-21H,1H3,(H,25,26,28)/t20-,21+/m0/s1. The van der Waals surface area contributed by atoms with Gasteiger partial charge in [0.05, 0.1) is 22.2 Å². The first kappa shape index (κ1) is 18.5. The zero-order valence-corrected chi connectivity index (χ0v) is 17.1. The van der Waals surface area contributed by atoms with E-state index in [4.69, 9.17) is 0 Å². The highest BCUT2D eigenvalue weighted by atomic mass is 32.1. The molecule has 2 heterocycles. The van der Waals surface area contributed by atoms with Crippen molar-refractivity contribution in [3.63, 3.8) is 0 Å². The van der Waals surface area contributed by atoms with E-state index in [1.54, 1.807) is 18.0 Å². The van der Waals surface area contributed by atoms with Gasteiger partial charge in [-0.25, -0.2) is 4.98 Å². The molecular weight excluding hydrogens is 394 g/mol. The van der Waals surface area contributed by atoms with Gasteiger partial charge in [-0.1, -0.05) is 72.0 Å². The number of amides is 2. The maximum Gasteiger partial charge on any atom is 0.254 e. The van der Waals surface area contributed by atoms with Gasteiger partial charge >= 0.3 is 0 Å². The molecule has 6 heteroatoms. The van der Waals surface area contributed by atoms with Crippen LogP contribution < -0.4 is 5.32 Å². The van der Waals surface area contributed by atoms with Crippen LogP contribution in [0.25, 0.3) is 10.2 Å². The summed E-state index contributed by atoms with van der Waals surface area (Å²) in [6.07, 6.45) is 0. The highest BCUT2D eigenvalue weighted by Crippen LogP contribution is 2.42. The second-order valence-electron chi connectivity index (χ2n) is 7.31. The van der Waals surface area contributed by atoms with Gasteiger partial charge in [0.25, 0.3) is 5.91 Å². The number of likely N-dealkylation sites (N-methyl/N-ethyl adjacent to an activating group) is 1. The molecule has 148 valence electrons. The van der Waals surface area contributed by atoms with Crippen molar-refractivity contribution < 1.29 is 9.59 Å². The average molecular weight is 414 g/mol. The van der Waals surface area contributed by atoms with E-state index >= 15 is 0 Å². The fourth-order valence-corrected chi connectivity index (χ4v) is 5.00. The Labute approximate surface area is 178 Å². The number of nitrogens with zero attached hydrogens (tertiary/aromatic N) is 2. The van der Waals surface area contributed by atoms with E-state index in [1.165, 1.54) is 11.3 Å². The SMILES string of the molecule is CN1C(=O)c2ccccc2[C@H](C(=O)Nc2nc3ccccc3s2)[C@H]1c1ccccc1. The number of para-hydroxylation sites is 1. The Morgan fingerprint density at radius 2 is 1.67 bits per heavy atom. The van der Waals surface area contributed by atoms with E-state index in [1.807, 2.05) is 72.8 Å². The van der Waals surface area contributed by atoms with Crippen LogP contribution in [0.4, 0.5) is 5.13 Å². The summed E-state index contributed by atoms with van der Waals surface area (Å²) in [6.45, 7) is 0. The molecule has 0 radical (unpaired) electrons. The van der Waals surface area contributed by atoms with E-state index in [0.717, 1.165) is 21.3 Å². The molecule has 1 aliphatic rings. The normalized spacial score (nSPS) is 18.3. The Hall–Kier alpha value is -3.51. The summed E-state index contributed by atoms with van der Waals surface area (Å²) >= 11 is 1.45. The number of carbonyl (C=O) groups is 2. The van der Waals surface area contributed by atoms with Crippen LogP contribution in [0.3, 0.4) is 0 Å². The molecule has 1 aliphatic heterocycles. The number of hydrogen-bond acceptors (Lipinski definition) is 4. The number of nitrogens with one attached hydrogen (secondary N) is 1. The minimum Gasteiger partial charge on any atom is -0.334 e.